The van der Waals surface area contributed by atoms with E-state index in [1.807, 2.05) is 13.8 Å². The first-order chi connectivity index (χ1) is 9.09. The van der Waals surface area contributed by atoms with E-state index >= 15 is 0 Å². The van der Waals surface area contributed by atoms with Crippen LogP contribution in [-0.4, -0.2) is 16.6 Å². The molecule has 0 unspecified atom stereocenters. The average Bonchev–Trinajstić information content (AvgIpc) is 2.62. The van der Waals surface area contributed by atoms with Gasteiger partial charge in [-0.3, -0.25) is 0 Å². The largest absolute Gasteiger partial charge is 0.367 e. The maximum Gasteiger partial charge on any atom is 0.162 e. The van der Waals surface area contributed by atoms with Crippen LogP contribution in [0.5, 0.6) is 0 Å². The summed E-state index contributed by atoms with van der Waals surface area (Å²) in [5, 5.41) is 0.548. The fraction of sp³-hybridized carbons (Fsp3) is 0.714. The number of halogens is 2. The van der Waals surface area contributed by atoms with Crippen molar-refractivity contribution in [1.82, 2.24) is 9.97 Å². The highest BCUT2D eigenvalue weighted by Gasteiger charge is 2.37. The van der Waals surface area contributed by atoms with Crippen LogP contribution in [0.1, 0.15) is 57.0 Å². The molecule has 0 aliphatic heterocycles. The molecular formula is C14H20ClIN2O. The van der Waals surface area contributed by atoms with Crippen LogP contribution >= 0.6 is 34.2 Å². The smallest absolute Gasteiger partial charge is 0.162 e. The molecule has 0 spiro atoms. The van der Waals surface area contributed by atoms with Gasteiger partial charge in [-0.05, 0) is 49.3 Å². The minimum atomic E-state index is -0.329. The molecule has 1 aromatic heterocycles. The number of hydrogen-bond donors (Lipinski definition) is 0. The van der Waals surface area contributed by atoms with E-state index in [0.717, 1.165) is 27.9 Å². The van der Waals surface area contributed by atoms with Gasteiger partial charge in [0.25, 0.3) is 0 Å². The Hall–Kier alpha value is 0.0600. The lowest BCUT2D eigenvalue weighted by Crippen LogP contribution is -2.32. The quantitative estimate of drug-likeness (QED) is 0.426. The molecule has 1 aliphatic carbocycles. The van der Waals surface area contributed by atoms with Gasteiger partial charge in [-0.15, -0.1) is 0 Å². The number of rotatable bonds is 3. The van der Waals surface area contributed by atoms with Crippen LogP contribution in [0.15, 0.2) is 0 Å². The molecule has 0 radical (unpaired) electrons. The molecule has 1 heterocycles. The number of nitrogens with zero attached hydrogens (tertiary/aromatic N) is 2. The summed E-state index contributed by atoms with van der Waals surface area (Å²) in [7, 11) is 0. The SMILES string of the molecule is CCOC1(c2nc(C)c(I)c(Cl)n2)CCCCCC1. The molecule has 0 aromatic carbocycles. The van der Waals surface area contributed by atoms with Crippen molar-refractivity contribution in [2.24, 2.45) is 0 Å². The topological polar surface area (TPSA) is 35.0 Å². The zero-order valence-corrected chi connectivity index (χ0v) is 14.4. The summed E-state index contributed by atoms with van der Waals surface area (Å²) < 4.78 is 7.03. The van der Waals surface area contributed by atoms with E-state index in [4.69, 9.17) is 16.3 Å². The molecule has 0 amide bonds. The van der Waals surface area contributed by atoms with E-state index in [9.17, 15) is 0 Å². The van der Waals surface area contributed by atoms with Crippen LogP contribution in [0.3, 0.4) is 0 Å². The van der Waals surface area contributed by atoms with Gasteiger partial charge in [-0.25, -0.2) is 9.97 Å². The zero-order chi connectivity index (χ0) is 13.9. The molecule has 1 aromatic rings. The highest BCUT2D eigenvalue weighted by atomic mass is 127. The van der Waals surface area contributed by atoms with Crippen molar-refractivity contribution in [2.75, 3.05) is 6.61 Å². The molecule has 0 bridgehead atoms. The Morgan fingerprint density at radius 2 is 1.84 bits per heavy atom. The molecule has 1 aliphatic rings. The Balaban J connectivity index is 2.42. The normalized spacial score (nSPS) is 19.2. The second-order valence-corrected chi connectivity index (χ2v) is 6.52. The third kappa shape index (κ3) is 3.39. The summed E-state index contributed by atoms with van der Waals surface area (Å²) in [6.07, 6.45) is 6.88. The predicted molar refractivity (Wildman–Crippen MR) is 85.5 cm³/mol. The average molecular weight is 395 g/mol. The number of aryl methyl sites for hydroxylation is 1. The Morgan fingerprint density at radius 1 is 1.21 bits per heavy atom. The second-order valence-electron chi connectivity index (χ2n) is 5.08. The van der Waals surface area contributed by atoms with Crippen molar-refractivity contribution in [2.45, 2.75) is 58.0 Å². The lowest BCUT2D eigenvalue weighted by molar-refractivity contribution is -0.0625. The maximum atomic E-state index is 6.23. The van der Waals surface area contributed by atoms with Gasteiger partial charge in [-0.2, -0.15) is 0 Å². The Morgan fingerprint density at radius 3 is 2.37 bits per heavy atom. The van der Waals surface area contributed by atoms with Crippen LogP contribution in [-0.2, 0) is 10.3 Å². The van der Waals surface area contributed by atoms with Crippen molar-refractivity contribution in [3.8, 4) is 0 Å². The van der Waals surface area contributed by atoms with E-state index in [0.29, 0.717) is 11.8 Å². The summed E-state index contributed by atoms with van der Waals surface area (Å²) >= 11 is 8.42. The Kier molecular flexibility index (Phi) is 5.43. The standard InChI is InChI=1S/C14H20ClIN2O/c1-3-19-14(8-6-4-5-7-9-14)13-17-10(2)11(16)12(15)18-13/h3-9H2,1-2H3. The van der Waals surface area contributed by atoms with Gasteiger partial charge in [0, 0.05) is 6.61 Å². The van der Waals surface area contributed by atoms with E-state index in [-0.39, 0.29) is 5.60 Å². The fourth-order valence-corrected chi connectivity index (χ4v) is 3.19. The van der Waals surface area contributed by atoms with Crippen molar-refractivity contribution in [3.63, 3.8) is 0 Å². The van der Waals surface area contributed by atoms with Gasteiger partial charge in [0.15, 0.2) is 5.82 Å². The van der Waals surface area contributed by atoms with Gasteiger partial charge in [0.05, 0.1) is 9.26 Å². The van der Waals surface area contributed by atoms with E-state index < -0.39 is 0 Å². The first-order valence-corrected chi connectivity index (χ1v) is 8.39. The van der Waals surface area contributed by atoms with Crippen molar-refractivity contribution in [1.29, 1.82) is 0 Å². The summed E-state index contributed by atoms with van der Waals surface area (Å²) in [5.74, 6) is 0.777. The highest BCUT2D eigenvalue weighted by Crippen LogP contribution is 2.38. The zero-order valence-electron chi connectivity index (χ0n) is 11.5. The van der Waals surface area contributed by atoms with E-state index in [1.54, 1.807) is 0 Å². The monoisotopic (exact) mass is 394 g/mol. The lowest BCUT2D eigenvalue weighted by atomic mass is 9.93. The molecule has 0 N–H and O–H groups in total. The number of aromatic nitrogens is 2. The molecule has 19 heavy (non-hydrogen) atoms. The molecule has 2 rings (SSSR count). The number of hydrogen-bond acceptors (Lipinski definition) is 3. The minimum Gasteiger partial charge on any atom is -0.367 e. The Bertz CT molecular complexity index is 422. The second kappa shape index (κ2) is 6.68. The summed E-state index contributed by atoms with van der Waals surface area (Å²) in [5.41, 5.74) is 0.614. The van der Waals surface area contributed by atoms with Gasteiger partial charge in [-0.1, -0.05) is 37.3 Å². The first-order valence-electron chi connectivity index (χ1n) is 6.93. The van der Waals surface area contributed by atoms with Gasteiger partial charge < -0.3 is 4.74 Å². The summed E-state index contributed by atoms with van der Waals surface area (Å²) in [6, 6.07) is 0. The van der Waals surface area contributed by atoms with Crippen LogP contribution in [0.25, 0.3) is 0 Å². The maximum absolute atomic E-state index is 6.23. The molecule has 1 fully saturated rings. The molecular weight excluding hydrogens is 375 g/mol. The van der Waals surface area contributed by atoms with Crippen LogP contribution in [0.4, 0.5) is 0 Å². The van der Waals surface area contributed by atoms with Crippen LogP contribution in [0, 0.1) is 10.5 Å². The fourth-order valence-electron chi connectivity index (χ4n) is 2.74. The van der Waals surface area contributed by atoms with Gasteiger partial charge >= 0.3 is 0 Å². The summed E-state index contributed by atoms with van der Waals surface area (Å²) in [4.78, 5) is 9.17. The lowest BCUT2D eigenvalue weighted by Gasteiger charge is -2.31. The van der Waals surface area contributed by atoms with Crippen molar-refractivity contribution < 1.29 is 4.74 Å². The number of ether oxygens (including phenoxy) is 1. The minimum absolute atomic E-state index is 0.329. The van der Waals surface area contributed by atoms with Gasteiger partial charge in [0.2, 0.25) is 0 Å². The third-order valence-corrected chi connectivity index (χ3v) is 5.60. The van der Waals surface area contributed by atoms with Crippen molar-refractivity contribution >= 4 is 34.2 Å². The highest BCUT2D eigenvalue weighted by molar-refractivity contribution is 14.1. The summed E-state index contributed by atoms with van der Waals surface area (Å²) in [6.45, 7) is 4.70. The molecule has 3 nitrogen and oxygen atoms in total. The molecule has 106 valence electrons. The van der Waals surface area contributed by atoms with Crippen molar-refractivity contribution in [3.05, 3.63) is 20.2 Å². The molecule has 0 saturated heterocycles. The molecule has 5 heteroatoms. The first kappa shape index (κ1) is 15.4. The van der Waals surface area contributed by atoms with Crippen LogP contribution < -0.4 is 0 Å². The predicted octanol–water partition coefficient (Wildman–Crippen LogP) is 4.63. The van der Waals surface area contributed by atoms with Crippen LogP contribution in [0.2, 0.25) is 5.15 Å². The third-order valence-electron chi connectivity index (χ3n) is 3.72. The van der Waals surface area contributed by atoms with E-state index in [2.05, 4.69) is 32.6 Å². The molecule has 0 atom stereocenters. The van der Waals surface area contributed by atoms with E-state index in [1.165, 1.54) is 25.7 Å². The van der Waals surface area contributed by atoms with Gasteiger partial charge in [0.1, 0.15) is 10.8 Å². The Labute approximate surface area is 133 Å². The molecule has 1 saturated carbocycles.